The van der Waals surface area contributed by atoms with Crippen LogP contribution in [0.5, 0.6) is 0 Å². The topological polar surface area (TPSA) is 57.8 Å². The van der Waals surface area contributed by atoms with E-state index in [0.29, 0.717) is 11.4 Å². The number of aromatic nitrogens is 2. The number of imidazole rings is 1. The molecule has 1 aliphatic heterocycles. The molecule has 0 unspecified atom stereocenters. The molecule has 84 valence electrons. The van der Waals surface area contributed by atoms with Crippen LogP contribution in [0.1, 0.15) is 11.4 Å². The first-order valence-corrected chi connectivity index (χ1v) is 5.86. The van der Waals surface area contributed by atoms with Crippen molar-refractivity contribution in [2.75, 3.05) is 5.32 Å². The van der Waals surface area contributed by atoms with Crippen LogP contribution in [-0.4, -0.2) is 15.9 Å². The summed E-state index contributed by atoms with van der Waals surface area (Å²) in [5.41, 5.74) is 2.34. The van der Waals surface area contributed by atoms with Crippen LogP contribution in [-0.2, 0) is 4.79 Å². The van der Waals surface area contributed by atoms with Gasteiger partial charge in [-0.3, -0.25) is 4.79 Å². The third-order valence-electron chi connectivity index (χ3n) is 2.57. The van der Waals surface area contributed by atoms with Gasteiger partial charge in [0.05, 0.1) is 5.57 Å². The number of hydrogen-bond acceptors (Lipinski definition) is 2. The minimum Gasteiger partial charge on any atom is -0.345 e. The summed E-state index contributed by atoms with van der Waals surface area (Å²) < 4.78 is 0.943. The number of amides is 1. The van der Waals surface area contributed by atoms with Gasteiger partial charge in [0, 0.05) is 28.1 Å². The van der Waals surface area contributed by atoms with Crippen molar-refractivity contribution in [3.05, 3.63) is 46.5 Å². The fourth-order valence-corrected chi connectivity index (χ4v) is 2.16. The normalized spacial score (nSPS) is 16.1. The van der Waals surface area contributed by atoms with Gasteiger partial charge in [-0.25, -0.2) is 4.98 Å². The Kier molecular flexibility index (Phi) is 2.33. The number of hydrogen-bond donors (Lipinski definition) is 2. The van der Waals surface area contributed by atoms with E-state index in [2.05, 4.69) is 31.2 Å². The number of aromatic amines is 1. The Balaban J connectivity index is 2.13. The largest absolute Gasteiger partial charge is 0.345 e. The second-order valence-corrected chi connectivity index (χ2v) is 4.59. The second-order valence-electron chi connectivity index (χ2n) is 3.68. The van der Waals surface area contributed by atoms with Crippen LogP contribution in [0.25, 0.3) is 11.6 Å². The summed E-state index contributed by atoms with van der Waals surface area (Å²) in [7, 11) is 0. The van der Waals surface area contributed by atoms with Crippen LogP contribution in [0.4, 0.5) is 5.69 Å². The molecule has 4 nitrogen and oxygen atoms in total. The third kappa shape index (κ3) is 1.78. The van der Waals surface area contributed by atoms with Gasteiger partial charge in [-0.15, -0.1) is 0 Å². The van der Waals surface area contributed by atoms with E-state index in [9.17, 15) is 4.79 Å². The van der Waals surface area contributed by atoms with Gasteiger partial charge >= 0.3 is 0 Å². The highest BCUT2D eigenvalue weighted by Gasteiger charge is 2.24. The van der Waals surface area contributed by atoms with Gasteiger partial charge in [0.25, 0.3) is 5.91 Å². The molecule has 1 aromatic heterocycles. The molecule has 0 radical (unpaired) electrons. The Hall–Kier alpha value is -1.88. The highest BCUT2D eigenvalue weighted by Crippen LogP contribution is 2.34. The quantitative estimate of drug-likeness (QED) is 0.793. The Morgan fingerprint density at radius 2 is 2.24 bits per heavy atom. The monoisotopic (exact) mass is 289 g/mol. The molecule has 0 fully saturated rings. The van der Waals surface area contributed by atoms with Crippen molar-refractivity contribution in [2.45, 2.75) is 0 Å². The molecule has 0 spiro atoms. The van der Waals surface area contributed by atoms with E-state index in [-0.39, 0.29) is 5.91 Å². The average molecular weight is 290 g/mol. The first-order valence-electron chi connectivity index (χ1n) is 5.06. The highest BCUT2D eigenvalue weighted by molar-refractivity contribution is 9.10. The molecule has 3 rings (SSSR count). The Labute approximate surface area is 106 Å². The molecular weight excluding hydrogens is 282 g/mol. The number of carbonyl (C=O) groups excluding carboxylic acids is 1. The van der Waals surface area contributed by atoms with Crippen LogP contribution in [0.2, 0.25) is 0 Å². The molecular formula is C12H8BrN3O. The van der Waals surface area contributed by atoms with Crippen molar-refractivity contribution >= 4 is 39.2 Å². The van der Waals surface area contributed by atoms with Crippen molar-refractivity contribution in [3.63, 3.8) is 0 Å². The average Bonchev–Trinajstić information content (AvgIpc) is 2.90. The molecule has 0 aliphatic carbocycles. The van der Waals surface area contributed by atoms with Crippen LogP contribution in [0.3, 0.4) is 0 Å². The molecule has 2 N–H and O–H groups in total. The van der Waals surface area contributed by atoms with E-state index in [1.165, 1.54) is 0 Å². The number of H-pyrrole nitrogens is 1. The maximum absolute atomic E-state index is 11.8. The van der Waals surface area contributed by atoms with E-state index >= 15 is 0 Å². The van der Waals surface area contributed by atoms with E-state index < -0.39 is 0 Å². The number of fused-ring (bicyclic) bond motifs is 1. The van der Waals surface area contributed by atoms with Gasteiger partial charge in [-0.05, 0) is 24.3 Å². The van der Waals surface area contributed by atoms with Gasteiger partial charge in [-0.1, -0.05) is 15.9 Å². The maximum Gasteiger partial charge on any atom is 0.256 e. The van der Waals surface area contributed by atoms with E-state index in [1.807, 2.05) is 18.2 Å². The Morgan fingerprint density at radius 1 is 1.35 bits per heavy atom. The zero-order chi connectivity index (χ0) is 11.8. The molecule has 5 heteroatoms. The second kappa shape index (κ2) is 3.85. The predicted octanol–water partition coefficient (Wildman–Crippen LogP) is 2.66. The van der Waals surface area contributed by atoms with Crippen molar-refractivity contribution < 1.29 is 4.79 Å². The summed E-state index contributed by atoms with van der Waals surface area (Å²) >= 11 is 3.40. The first-order chi connectivity index (χ1) is 8.24. The zero-order valence-electron chi connectivity index (χ0n) is 8.70. The maximum atomic E-state index is 11.8. The molecule has 17 heavy (non-hydrogen) atoms. The van der Waals surface area contributed by atoms with Gasteiger partial charge in [0.2, 0.25) is 0 Å². The molecule has 2 aromatic rings. The number of benzene rings is 1. The van der Waals surface area contributed by atoms with E-state index in [0.717, 1.165) is 15.7 Å². The van der Waals surface area contributed by atoms with E-state index in [1.54, 1.807) is 18.5 Å². The fourth-order valence-electron chi connectivity index (χ4n) is 1.80. The molecule has 1 amide bonds. The predicted molar refractivity (Wildman–Crippen MR) is 69.2 cm³/mol. The minimum atomic E-state index is -0.102. The molecule has 1 aliphatic rings. The summed E-state index contributed by atoms with van der Waals surface area (Å²) in [5.74, 6) is 0.567. The number of rotatable bonds is 1. The van der Waals surface area contributed by atoms with Crippen LogP contribution >= 0.6 is 15.9 Å². The van der Waals surface area contributed by atoms with Crippen LogP contribution < -0.4 is 5.32 Å². The summed E-state index contributed by atoms with van der Waals surface area (Å²) in [5, 5.41) is 2.82. The van der Waals surface area contributed by atoms with Crippen molar-refractivity contribution in [3.8, 4) is 0 Å². The highest BCUT2D eigenvalue weighted by atomic mass is 79.9. The fraction of sp³-hybridized carbons (Fsp3) is 0. The zero-order valence-corrected chi connectivity index (χ0v) is 10.3. The lowest BCUT2D eigenvalue weighted by molar-refractivity contribution is -0.110. The molecule has 0 bridgehead atoms. The SMILES string of the molecule is O=C1Nc2ccc(Br)cc2/C1=C/c1ncc[nH]1. The summed E-state index contributed by atoms with van der Waals surface area (Å²) in [6.07, 6.45) is 5.12. The number of anilines is 1. The van der Waals surface area contributed by atoms with Gasteiger partial charge < -0.3 is 10.3 Å². The lowest BCUT2D eigenvalue weighted by Gasteiger charge is -1.98. The van der Waals surface area contributed by atoms with Crippen molar-refractivity contribution in [1.29, 1.82) is 0 Å². The number of halogens is 1. The van der Waals surface area contributed by atoms with Gasteiger partial charge in [0.1, 0.15) is 5.82 Å². The number of nitrogens with one attached hydrogen (secondary N) is 2. The number of carbonyl (C=O) groups is 1. The smallest absolute Gasteiger partial charge is 0.256 e. The Morgan fingerprint density at radius 3 is 3.00 bits per heavy atom. The van der Waals surface area contributed by atoms with Gasteiger partial charge in [0.15, 0.2) is 0 Å². The van der Waals surface area contributed by atoms with Crippen LogP contribution in [0, 0.1) is 0 Å². The van der Waals surface area contributed by atoms with Gasteiger partial charge in [-0.2, -0.15) is 0 Å². The molecule has 2 heterocycles. The number of nitrogens with zero attached hydrogens (tertiary/aromatic N) is 1. The van der Waals surface area contributed by atoms with Crippen molar-refractivity contribution in [1.82, 2.24) is 9.97 Å². The Bertz CT molecular complexity index is 617. The first kappa shape index (κ1) is 10.3. The van der Waals surface area contributed by atoms with Crippen molar-refractivity contribution in [2.24, 2.45) is 0 Å². The molecule has 0 saturated carbocycles. The summed E-state index contributed by atoms with van der Waals surface area (Å²) in [6, 6.07) is 5.69. The minimum absolute atomic E-state index is 0.102. The molecule has 0 atom stereocenters. The van der Waals surface area contributed by atoms with Crippen LogP contribution in [0.15, 0.2) is 35.1 Å². The standard InChI is InChI=1S/C12H8BrN3O/c13-7-1-2-10-8(5-7)9(12(17)16-10)6-11-14-3-4-15-11/h1-6H,(H,14,15)(H,16,17)/b9-6-. The molecule has 1 aromatic carbocycles. The molecule has 0 saturated heterocycles. The lowest BCUT2D eigenvalue weighted by atomic mass is 10.1. The summed E-state index contributed by atoms with van der Waals surface area (Å²) in [6.45, 7) is 0. The van der Waals surface area contributed by atoms with E-state index in [4.69, 9.17) is 0 Å². The third-order valence-corrected chi connectivity index (χ3v) is 3.06. The lowest BCUT2D eigenvalue weighted by Crippen LogP contribution is -2.03. The summed E-state index contributed by atoms with van der Waals surface area (Å²) in [4.78, 5) is 18.9.